The molecule has 0 aromatic heterocycles. The molecule has 3 rings (SSSR count). The summed E-state index contributed by atoms with van der Waals surface area (Å²) in [4.78, 5) is 37.8. The average molecular weight is 572 g/mol. The van der Waals surface area contributed by atoms with Gasteiger partial charge in [-0.1, -0.05) is 0 Å². The lowest BCUT2D eigenvalue weighted by atomic mass is 9.98. The minimum atomic E-state index is -0.418. The fourth-order valence-electron chi connectivity index (χ4n) is 4.75. The highest BCUT2D eigenvalue weighted by Crippen LogP contribution is 2.17. The van der Waals surface area contributed by atoms with E-state index in [2.05, 4.69) is 10.2 Å². The standard InChI is InChI=1S/C12H23NO3.C12H21NO3.C6H13NO/c2*1-12(2,3)16-11(15)8-13-6-4-10(9-14)5-7-13;8-5-6-1-3-7-4-2-6/h10,14H,4-9H2,1-3H3;9-10H,4-8H2,1-3H3;6-8H,1-5H2. The Balaban J connectivity index is 0.000000317. The van der Waals surface area contributed by atoms with Gasteiger partial charge in [-0.3, -0.25) is 19.4 Å². The molecule has 0 spiro atoms. The van der Waals surface area contributed by atoms with E-state index in [9.17, 15) is 14.4 Å². The first-order valence-electron chi connectivity index (χ1n) is 15.0. The first-order valence-corrected chi connectivity index (χ1v) is 15.0. The van der Waals surface area contributed by atoms with Gasteiger partial charge in [0.05, 0.1) is 13.1 Å². The highest BCUT2D eigenvalue weighted by Gasteiger charge is 2.24. The van der Waals surface area contributed by atoms with Crippen molar-refractivity contribution in [2.45, 2.75) is 91.3 Å². The number of nitrogens with one attached hydrogen (secondary N) is 1. The Kier molecular flexibility index (Phi) is 17.1. The van der Waals surface area contributed by atoms with E-state index >= 15 is 0 Å². The summed E-state index contributed by atoms with van der Waals surface area (Å²) in [6.45, 7) is 18.1. The summed E-state index contributed by atoms with van der Waals surface area (Å²) >= 11 is 0. The first-order chi connectivity index (χ1) is 18.7. The Hall–Kier alpha value is -1.59. The van der Waals surface area contributed by atoms with Crippen molar-refractivity contribution in [2.75, 3.05) is 65.6 Å². The monoisotopic (exact) mass is 571 g/mol. The van der Waals surface area contributed by atoms with E-state index in [1.165, 1.54) is 0 Å². The van der Waals surface area contributed by atoms with Gasteiger partial charge in [-0.15, -0.1) is 0 Å². The maximum absolute atomic E-state index is 11.6. The fraction of sp³-hybridized carbons (Fsp3) is 0.900. The molecule has 0 amide bonds. The highest BCUT2D eigenvalue weighted by molar-refractivity contribution is 5.72. The number of carbonyl (C=O) groups excluding carboxylic acids is 3. The number of piperidine rings is 3. The van der Waals surface area contributed by atoms with Crippen molar-refractivity contribution in [3.05, 3.63) is 0 Å². The van der Waals surface area contributed by atoms with Crippen LogP contribution in [0.15, 0.2) is 0 Å². The number of ether oxygens (including phenoxy) is 2. The van der Waals surface area contributed by atoms with E-state index in [4.69, 9.17) is 19.7 Å². The third-order valence-corrected chi connectivity index (χ3v) is 7.05. The van der Waals surface area contributed by atoms with Crippen molar-refractivity contribution in [1.82, 2.24) is 15.1 Å². The molecule has 0 unspecified atom stereocenters. The van der Waals surface area contributed by atoms with Crippen LogP contribution >= 0.6 is 0 Å². The lowest BCUT2D eigenvalue weighted by Crippen LogP contribution is -2.40. The Morgan fingerprint density at radius 2 is 1.10 bits per heavy atom. The second-order valence-corrected chi connectivity index (χ2v) is 13.2. The van der Waals surface area contributed by atoms with Crippen LogP contribution in [-0.4, -0.2) is 115 Å². The second kappa shape index (κ2) is 18.8. The quantitative estimate of drug-likeness (QED) is 0.309. The molecule has 0 aromatic carbocycles. The third-order valence-electron chi connectivity index (χ3n) is 7.05. The van der Waals surface area contributed by atoms with E-state index in [-0.39, 0.29) is 24.5 Å². The van der Waals surface area contributed by atoms with Crippen LogP contribution in [0.25, 0.3) is 0 Å². The van der Waals surface area contributed by atoms with Crippen LogP contribution in [0.1, 0.15) is 80.1 Å². The molecule has 0 atom stereocenters. The van der Waals surface area contributed by atoms with Crippen molar-refractivity contribution in [1.29, 1.82) is 0 Å². The summed E-state index contributed by atoms with van der Waals surface area (Å²) in [6, 6.07) is 0. The Morgan fingerprint density at radius 3 is 1.43 bits per heavy atom. The van der Waals surface area contributed by atoms with E-state index in [1.54, 1.807) is 0 Å². The van der Waals surface area contributed by atoms with Crippen LogP contribution in [0.4, 0.5) is 0 Å². The smallest absolute Gasteiger partial charge is 0.320 e. The molecule has 3 saturated heterocycles. The van der Waals surface area contributed by atoms with Crippen molar-refractivity contribution in [3.63, 3.8) is 0 Å². The van der Waals surface area contributed by atoms with Gasteiger partial charge >= 0.3 is 11.9 Å². The van der Waals surface area contributed by atoms with Gasteiger partial charge in [0, 0.05) is 19.1 Å². The van der Waals surface area contributed by atoms with E-state index < -0.39 is 11.2 Å². The maximum Gasteiger partial charge on any atom is 0.320 e. The Bertz CT molecular complexity index is 714. The molecule has 3 N–H and O–H groups in total. The maximum atomic E-state index is 11.6. The SMILES string of the molecule is CC(C)(C)OC(=O)CN1CCC(C=O)CC1.CC(C)(C)OC(=O)CN1CCC(CO)CC1.OCC1CCNCC1. The van der Waals surface area contributed by atoms with Crippen molar-refractivity contribution >= 4 is 18.2 Å². The van der Waals surface area contributed by atoms with Gasteiger partial charge in [0.15, 0.2) is 0 Å². The Morgan fingerprint density at radius 1 is 0.725 bits per heavy atom. The molecule has 3 heterocycles. The van der Waals surface area contributed by atoms with E-state index in [0.717, 1.165) is 84.1 Å². The van der Waals surface area contributed by atoms with Gasteiger partial charge in [0.25, 0.3) is 0 Å². The molecular weight excluding hydrogens is 514 g/mol. The summed E-state index contributed by atoms with van der Waals surface area (Å²) in [5, 5.41) is 20.9. The molecule has 3 aliphatic heterocycles. The van der Waals surface area contributed by atoms with Gasteiger partial charge < -0.3 is 29.8 Å². The number of carbonyl (C=O) groups is 3. The molecule has 0 aromatic rings. The molecule has 0 bridgehead atoms. The van der Waals surface area contributed by atoms with Crippen LogP contribution in [0.5, 0.6) is 0 Å². The number of hydrogen-bond donors (Lipinski definition) is 3. The predicted octanol–water partition coefficient (Wildman–Crippen LogP) is 2.25. The van der Waals surface area contributed by atoms with Crippen LogP contribution < -0.4 is 5.32 Å². The number of aldehydes is 1. The normalized spacial score (nSPS) is 20.4. The summed E-state index contributed by atoms with van der Waals surface area (Å²) in [6.07, 6.45) is 6.97. The Labute approximate surface area is 242 Å². The molecule has 10 heteroatoms. The lowest BCUT2D eigenvalue weighted by Gasteiger charge is -2.31. The number of rotatable bonds is 7. The summed E-state index contributed by atoms with van der Waals surface area (Å²) in [7, 11) is 0. The van der Waals surface area contributed by atoms with Crippen LogP contribution in [0.2, 0.25) is 0 Å². The van der Waals surface area contributed by atoms with Gasteiger partial charge in [0.2, 0.25) is 0 Å². The largest absolute Gasteiger partial charge is 0.459 e. The number of aliphatic hydroxyl groups excluding tert-OH is 2. The lowest BCUT2D eigenvalue weighted by molar-refractivity contribution is -0.157. The topological polar surface area (TPSA) is 129 Å². The molecule has 0 saturated carbocycles. The van der Waals surface area contributed by atoms with Crippen LogP contribution in [0, 0.1) is 17.8 Å². The molecule has 3 aliphatic rings. The van der Waals surface area contributed by atoms with Crippen molar-refractivity contribution in [2.24, 2.45) is 17.8 Å². The fourth-order valence-corrected chi connectivity index (χ4v) is 4.75. The van der Waals surface area contributed by atoms with Gasteiger partial charge in [-0.25, -0.2) is 0 Å². The van der Waals surface area contributed by atoms with Crippen LogP contribution in [-0.2, 0) is 23.9 Å². The minimum Gasteiger partial charge on any atom is -0.459 e. The zero-order valence-electron chi connectivity index (χ0n) is 26.0. The molecule has 234 valence electrons. The third kappa shape index (κ3) is 18.0. The zero-order valence-corrected chi connectivity index (χ0v) is 26.0. The van der Waals surface area contributed by atoms with E-state index in [0.29, 0.717) is 31.5 Å². The number of hydrogen-bond acceptors (Lipinski definition) is 10. The molecule has 0 radical (unpaired) electrons. The molecule has 0 aliphatic carbocycles. The number of esters is 2. The molecule has 10 nitrogen and oxygen atoms in total. The van der Waals surface area contributed by atoms with Crippen molar-refractivity contribution in [3.8, 4) is 0 Å². The predicted molar refractivity (Wildman–Crippen MR) is 156 cm³/mol. The number of nitrogens with zero attached hydrogens (tertiary/aromatic N) is 2. The van der Waals surface area contributed by atoms with Crippen molar-refractivity contribution < 1.29 is 34.1 Å². The van der Waals surface area contributed by atoms with Gasteiger partial charge in [0.1, 0.15) is 17.5 Å². The zero-order chi connectivity index (χ0) is 30.2. The number of aliphatic hydroxyl groups is 2. The average Bonchev–Trinajstić information content (AvgIpc) is 2.88. The molecular formula is C30H57N3O7. The number of likely N-dealkylation sites (tertiary alicyclic amines) is 2. The van der Waals surface area contributed by atoms with Crippen LogP contribution in [0.3, 0.4) is 0 Å². The second-order valence-electron chi connectivity index (χ2n) is 13.2. The summed E-state index contributed by atoms with van der Waals surface area (Å²) in [5.74, 6) is 0.827. The van der Waals surface area contributed by atoms with Gasteiger partial charge in [-0.05, 0) is 131 Å². The van der Waals surface area contributed by atoms with Gasteiger partial charge in [-0.2, -0.15) is 0 Å². The first kappa shape index (κ1) is 36.4. The summed E-state index contributed by atoms with van der Waals surface area (Å²) in [5.41, 5.74) is -0.821. The molecule has 3 fully saturated rings. The van der Waals surface area contributed by atoms with E-state index in [1.807, 2.05) is 46.4 Å². The summed E-state index contributed by atoms with van der Waals surface area (Å²) < 4.78 is 10.5. The highest BCUT2D eigenvalue weighted by atomic mass is 16.6. The molecule has 40 heavy (non-hydrogen) atoms. The minimum absolute atomic E-state index is 0.157.